The number of unbranched alkanes of at least 4 members (excludes halogenated alkanes) is 14. The Bertz CT molecular complexity index is 502. The molecular formula is C29H54O4. The molecular weight excluding hydrogens is 412 g/mol. The summed E-state index contributed by atoms with van der Waals surface area (Å²) >= 11 is 0. The van der Waals surface area contributed by atoms with E-state index in [1.165, 1.54) is 89.9 Å². The van der Waals surface area contributed by atoms with Crippen molar-refractivity contribution in [2.24, 2.45) is 17.8 Å². The summed E-state index contributed by atoms with van der Waals surface area (Å²) in [4.78, 5) is 24.2. The van der Waals surface area contributed by atoms with Gasteiger partial charge in [-0.15, -0.1) is 0 Å². The molecule has 1 rings (SSSR count). The van der Waals surface area contributed by atoms with Crippen molar-refractivity contribution >= 4 is 11.9 Å². The van der Waals surface area contributed by atoms with Gasteiger partial charge in [0.2, 0.25) is 0 Å². The fourth-order valence-electron chi connectivity index (χ4n) is 5.19. The van der Waals surface area contributed by atoms with Crippen LogP contribution in [0.5, 0.6) is 0 Å². The summed E-state index contributed by atoms with van der Waals surface area (Å²) in [5.74, 6) is -1.88. The molecule has 0 radical (unpaired) electrons. The van der Waals surface area contributed by atoms with Gasteiger partial charge in [0.15, 0.2) is 0 Å². The molecule has 0 saturated heterocycles. The predicted octanol–water partition coefficient (Wildman–Crippen LogP) is 8.71. The molecule has 3 atom stereocenters. The number of carboxylic acid groups (broad SMARTS) is 1. The van der Waals surface area contributed by atoms with E-state index in [4.69, 9.17) is 4.74 Å². The van der Waals surface area contributed by atoms with Gasteiger partial charge in [0.25, 0.3) is 0 Å². The van der Waals surface area contributed by atoms with Gasteiger partial charge in [-0.2, -0.15) is 0 Å². The van der Waals surface area contributed by atoms with Gasteiger partial charge in [-0.05, 0) is 31.6 Å². The first kappa shape index (κ1) is 30.0. The van der Waals surface area contributed by atoms with Crippen molar-refractivity contribution in [1.29, 1.82) is 0 Å². The van der Waals surface area contributed by atoms with Gasteiger partial charge in [-0.25, -0.2) is 0 Å². The largest absolute Gasteiger partial charge is 0.481 e. The van der Waals surface area contributed by atoms with E-state index in [0.717, 1.165) is 25.7 Å². The molecule has 0 aromatic carbocycles. The third kappa shape index (κ3) is 14.1. The van der Waals surface area contributed by atoms with E-state index in [-0.39, 0.29) is 18.0 Å². The minimum absolute atomic E-state index is 0.0872. The van der Waals surface area contributed by atoms with Crippen molar-refractivity contribution in [3.63, 3.8) is 0 Å². The van der Waals surface area contributed by atoms with Gasteiger partial charge >= 0.3 is 11.9 Å². The zero-order valence-electron chi connectivity index (χ0n) is 22.1. The van der Waals surface area contributed by atoms with Crippen LogP contribution in [0.1, 0.15) is 149 Å². The van der Waals surface area contributed by atoms with Crippen molar-refractivity contribution in [2.45, 2.75) is 155 Å². The number of ether oxygens (including phenoxy) is 1. The number of aliphatic carboxylic acids is 1. The molecule has 0 aromatic rings. The van der Waals surface area contributed by atoms with Crippen LogP contribution in [0.3, 0.4) is 0 Å². The Balaban J connectivity index is 2.07. The highest BCUT2D eigenvalue weighted by atomic mass is 16.5. The predicted molar refractivity (Wildman–Crippen MR) is 137 cm³/mol. The first-order chi connectivity index (χ1) is 16.0. The summed E-state index contributed by atoms with van der Waals surface area (Å²) in [6.07, 6.45) is 24.1. The standard InChI is InChI=1S/C29H54O4/c1-4-5-6-7-8-9-10-11-12-13-14-15-16-17-18-23-27(24(2)3)33-29(32)26-22-20-19-21-25(26)28(30)31/h24-27H,4-23H2,1-3H3,(H,30,31). The summed E-state index contributed by atoms with van der Waals surface area (Å²) in [6, 6.07) is 0. The Morgan fingerprint density at radius 1 is 0.727 bits per heavy atom. The topological polar surface area (TPSA) is 63.6 Å². The highest BCUT2D eigenvalue weighted by Gasteiger charge is 2.37. The lowest BCUT2D eigenvalue weighted by Gasteiger charge is -2.30. The summed E-state index contributed by atoms with van der Waals surface area (Å²) in [6.45, 7) is 6.47. The third-order valence-electron chi connectivity index (χ3n) is 7.49. The van der Waals surface area contributed by atoms with E-state index in [2.05, 4.69) is 20.8 Å². The molecule has 0 spiro atoms. The van der Waals surface area contributed by atoms with Gasteiger partial charge < -0.3 is 9.84 Å². The molecule has 4 heteroatoms. The quantitative estimate of drug-likeness (QED) is 0.144. The van der Waals surface area contributed by atoms with Crippen LogP contribution < -0.4 is 0 Å². The molecule has 0 bridgehead atoms. The number of carbonyl (C=O) groups excluding carboxylic acids is 1. The maximum Gasteiger partial charge on any atom is 0.310 e. The minimum atomic E-state index is -0.847. The van der Waals surface area contributed by atoms with Crippen LogP contribution in [0.25, 0.3) is 0 Å². The van der Waals surface area contributed by atoms with Gasteiger partial charge in [-0.3, -0.25) is 9.59 Å². The zero-order valence-corrected chi connectivity index (χ0v) is 22.1. The molecule has 0 amide bonds. The van der Waals surface area contributed by atoms with Crippen LogP contribution in [-0.2, 0) is 14.3 Å². The van der Waals surface area contributed by atoms with Crippen molar-refractivity contribution < 1.29 is 19.4 Å². The van der Waals surface area contributed by atoms with Gasteiger partial charge in [0, 0.05) is 0 Å². The average Bonchev–Trinajstić information content (AvgIpc) is 2.80. The minimum Gasteiger partial charge on any atom is -0.481 e. The van der Waals surface area contributed by atoms with E-state index in [9.17, 15) is 14.7 Å². The maximum atomic E-state index is 12.7. The zero-order chi connectivity index (χ0) is 24.3. The highest BCUT2D eigenvalue weighted by molar-refractivity contribution is 5.81. The molecule has 1 aliphatic rings. The van der Waals surface area contributed by atoms with E-state index in [1.807, 2.05) is 0 Å². The van der Waals surface area contributed by atoms with E-state index in [0.29, 0.717) is 12.8 Å². The monoisotopic (exact) mass is 466 g/mol. The van der Waals surface area contributed by atoms with Crippen molar-refractivity contribution in [2.75, 3.05) is 0 Å². The molecule has 1 saturated carbocycles. The normalized spacial score (nSPS) is 19.5. The molecule has 1 aliphatic carbocycles. The summed E-state index contributed by atoms with van der Waals surface area (Å²) < 4.78 is 5.85. The molecule has 3 unspecified atom stereocenters. The Hall–Kier alpha value is -1.06. The number of carbonyl (C=O) groups is 2. The first-order valence-electron chi connectivity index (χ1n) is 14.4. The number of esters is 1. The summed E-state index contributed by atoms with van der Waals surface area (Å²) in [5.41, 5.74) is 0. The van der Waals surface area contributed by atoms with E-state index in [1.54, 1.807) is 0 Å². The Morgan fingerprint density at radius 2 is 1.15 bits per heavy atom. The molecule has 1 N–H and O–H groups in total. The van der Waals surface area contributed by atoms with E-state index >= 15 is 0 Å². The number of rotatable bonds is 20. The van der Waals surface area contributed by atoms with Crippen LogP contribution in [0.2, 0.25) is 0 Å². The first-order valence-corrected chi connectivity index (χ1v) is 14.4. The Morgan fingerprint density at radius 3 is 1.58 bits per heavy atom. The molecule has 4 nitrogen and oxygen atoms in total. The molecule has 0 aromatic heterocycles. The number of hydrogen-bond acceptors (Lipinski definition) is 3. The Labute approximate surface area is 204 Å². The van der Waals surface area contributed by atoms with E-state index < -0.39 is 17.8 Å². The smallest absolute Gasteiger partial charge is 0.310 e. The number of hydrogen-bond donors (Lipinski definition) is 1. The van der Waals surface area contributed by atoms with Gasteiger partial charge in [0.1, 0.15) is 6.10 Å². The molecule has 0 aliphatic heterocycles. The highest BCUT2D eigenvalue weighted by Crippen LogP contribution is 2.32. The fourth-order valence-corrected chi connectivity index (χ4v) is 5.19. The lowest BCUT2D eigenvalue weighted by molar-refractivity contribution is -0.165. The van der Waals surface area contributed by atoms with Crippen LogP contribution in [0.4, 0.5) is 0 Å². The average molecular weight is 467 g/mol. The van der Waals surface area contributed by atoms with Crippen molar-refractivity contribution in [3.8, 4) is 0 Å². The van der Waals surface area contributed by atoms with Crippen LogP contribution in [0.15, 0.2) is 0 Å². The summed E-state index contributed by atoms with van der Waals surface area (Å²) in [5, 5.41) is 9.45. The molecule has 33 heavy (non-hydrogen) atoms. The van der Waals surface area contributed by atoms with Crippen LogP contribution in [-0.4, -0.2) is 23.1 Å². The second-order valence-corrected chi connectivity index (χ2v) is 10.8. The third-order valence-corrected chi connectivity index (χ3v) is 7.49. The Kier molecular flexibility index (Phi) is 17.5. The second kappa shape index (κ2) is 19.3. The lowest BCUT2D eigenvalue weighted by Crippen LogP contribution is -2.36. The van der Waals surface area contributed by atoms with Crippen LogP contribution in [0, 0.1) is 17.8 Å². The van der Waals surface area contributed by atoms with Gasteiger partial charge in [0.05, 0.1) is 11.8 Å². The van der Waals surface area contributed by atoms with Crippen LogP contribution >= 0.6 is 0 Å². The molecule has 1 fully saturated rings. The van der Waals surface area contributed by atoms with Crippen molar-refractivity contribution in [3.05, 3.63) is 0 Å². The second-order valence-electron chi connectivity index (χ2n) is 10.8. The molecule has 194 valence electrons. The lowest BCUT2D eigenvalue weighted by atomic mass is 9.79. The van der Waals surface area contributed by atoms with Crippen molar-refractivity contribution in [1.82, 2.24) is 0 Å². The fraction of sp³-hybridized carbons (Fsp3) is 0.931. The summed E-state index contributed by atoms with van der Waals surface area (Å²) in [7, 11) is 0. The number of carboxylic acids is 1. The molecule has 0 heterocycles. The maximum absolute atomic E-state index is 12.7. The van der Waals surface area contributed by atoms with Gasteiger partial charge in [-0.1, -0.05) is 124 Å². The SMILES string of the molecule is CCCCCCCCCCCCCCCCCC(OC(=O)C1CCCCC1C(=O)O)C(C)C.